The van der Waals surface area contributed by atoms with Gasteiger partial charge >= 0.3 is 0 Å². The highest BCUT2D eigenvalue weighted by atomic mass is 15.2. The van der Waals surface area contributed by atoms with Crippen molar-refractivity contribution in [1.29, 1.82) is 0 Å². The van der Waals surface area contributed by atoms with Crippen LogP contribution in [0.2, 0.25) is 0 Å². The number of pyridine rings is 1. The van der Waals surface area contributed by atoms with Gasteiger partial charge < -0.3 is 15.1 Å². The molecule has 4 aromatic rings. The summed E-state index contributed by atoms with van der Waals surface area (Å²) in [4.78, 5) is 27.4. The van der Waals surface area contributed by atoms with Crippen molar-refractivity contribution in [2.45, 2.75) is 13.3 Å². The Bertz CT molecular complexity index is 1250. The number of anilines is 3. The van der Waals surface area contributed by atoms with Crippen LogP contribution >= 0.6 is 0 Å². The third kappa shape index (κ3) is 5.35. The van der Waals surface area contributed by atoms with Crippen LogP contribution in [0.15, 0.2) is 67.0 Å². The molecule has 0 amide bonds. The molecule has 0 unspecified atom stereocenters. The number of nitrogens with one attached hydrogen (secondary N) is 1. The smallest absolute Gasteiger partial charge is 0.180 e. The summed E-state index contributed by atoms with van der Waals surface area (Å²) < 4.78 is 0. The summed E-state index contributed by atoms with van der Waals surface area (Å²) in [5, 5.41) is 3.27. The van der Waals surface area contributed by atoms with Gasteiger partial charge in [0.05, 0.1) is 0 Å². The van der Waals surface area contributed by atoms with E-state index in [-0.39, 0.29) is 0 Å². The van der Waals surface area contributed by atoms with Gasteiger partial charge in [0.1, 0.15) is 23.2 Å². The second-order valence-corrected chi connectivity index (χ2v) is 8.55. The number of hydrogen-bond acceptors (Lipinski definition) is 8. The van der Waals surface area contributed by atoms with Gasteiger partial charge in [-0.2, -0.15) is 0 Å². The van der Waals surface area contributed by atoms with Gasteiger partial charge in [-0.3, -0.25) is 0 Å². The molecule has 1 N–H and O–H groups in total. The monoisotopic (exact) mass is 452 g/mol. The van der Waals surface area contributed by atoms with E-state index in [2.05, 4.69) is 71.3 Å². The van der Waals surface area contributed by atoms with Gasteiger partial charge in [0.15, 0.2) is 5.82 Å². The fraction of sp³-hybridized carbons (Fsp3) is 0.269. The highest BCUT2D eigenvalue weighted by Crippen LogP contribution is 2.20. The summed E-state index contributed by atoms with van der Waals surface area (Å²) in [6.45, 7) is 6.29. The molecule has 172 valence electrons. The summed E-state index contributed by atoms with van der Waals surface area (Å²) in [5.74, 6) is 2.69. The molecule has 34 heavy (non-hydrogen) atoms. The van der Waals surface area contributed by atoms with E-state index in [4.69, 9.17) is 0 Å². The van der Waals surface area contributed by atoms with E-state index in [1.807, 2.05) is 37.3 Å². The quantitative estimate of drug-likeness (QED) is 0.474. The number of benzene rings is 1. The molecule has 1 fully saturated rings. The Morgan fingerprint density at radius 3 is 2.29 bits per heavy atom. The lowest BCUT2D eigenvalue weighted by atomic mass is 10.1. The largest absolute Gasteiger partial charge is 0.369 e. The second kappa shape index (κ2) is 9.93. The molecular weight excluding hydrogens is 424 g/mol. The minimum Gasteiger partial charge on any atom is -0.369 e. The molecule has 3 aromatic heterocycles. The van der Waals surface area contributed by atoms with Crippen LogP contribution < -0.4 is 10.2 Å². The summed E-state index contributed by atoms with van der Waals surface area (Å²) in [7, 11) is 2.18. The summed E-state index contributed by atoms with van der Waals surface area (Å²) in [5.41, 5.74) is 4.13. The molecule has 0 saturated carbocycles. The number of likely N-dealkylation sites (N-methyl/N-ethyl adjacent to an activating group) is 1. The van der Waals surface area contributed by atoms with Gasteiger partial charge in [-0.1, -0.05) is 18.2 Å². The molecule has 1 aliphatic heterocycles. The van der Waals surface area contributed by atoms with Crippen molar-refractivity contribution in [3.63, 3.8) is 0 Å². The molecule has 5 rings (SSSR count). The standard InChI is InChI=1S/C26H28N8/c1-19-4-3-5-22(29-19)26-28-13-11-24(32-26)30-23-10-12-27-25(31-23)18-20-6-8-21(9-7-20)34-16-14-33(2)15-17-34/h3-13H,14-18H2,1-2H3,(H,27,28,30,31,32). The SMILES string of the molecule is Cc1cccc(-c2nccc(Nc3ccnc(Cc4ccc(N5CCN(C)CC5)cc4)n3)n2)n1. The average molecular weight is 453 g/mol. The third-order valence-corrected chi connectivity index (χ3v) is 5.90. The third-order valence-electron chi connectivity index (χ3n) is 5.90. The summed E-state index contributed by atoms with van der Waals surface area (Å²) in [6.07, 6.45) is 4.16. The van der Waals surface area contributed by atoms with Crippen molar-refractivity contribution in [3.8, 4) is 11.5 Å². The van der Waals surface area contributed by atoms with E-state index in [1.165, 1.54) is 11.3 Å². The second-order valence-electron chi connectivity index (χ2n) is 8.55. The van der Waals surface area contributed by atoms with E-state index in [1.54, 1.807) is 12.4 Å². The first-order valence-corrected chi connectivity index (χ1v) is 11.5. The maximum Gasteiger partial charge on any atom is 0.180 e. The minimum absolute atomic E-state index is 0.573. The number of nitrogens with zero attached hydrogens (tertiary/aromatic N) is 7. The Morgan fingerprint density at radius 2 is 1.53 bits per heavy atom. The van der Waals surface area contributed by atoms with Gasteiger partial charge in [0, 0.05) is 56.4 Å². The Hall–Kier alpha value is -3.91. The molecule has 1 aliphatic rings. The van der Waals surface area contributed by atoms with Crippen LogP contribution in [-0.4, -0.2) is 63.0 Å². The van der Waals surface area contributed by atoms with Gasteiger partial charge in [0.25, 0.3) is 0 Å². The van der Waals surface area contributed by atoms with Crippen molar-refractivity contribution in [2.24, 2.45) is 0 Å². The van der Waals surface area contributed by atoms with Crippen LogP contribution in [0.25, 0.3) is 11.5 Å². The minimum atomic E-state index is 0.573. The molecule has 0 spiro atoms. The van der Waals surface area contributed by atoms with Crippen molar-refractivity contribution < 1.29 is 0 Å². The van der Waals surface area contributed by atoms with Gasteiger partial charge in [-0.05, 0) is 55.9 Å². The lowest BCUT2D eigenvalue weighted by Crippen LogP contribution is -2.44. The van der Waals surface area contributed by atoms with Crippen molar-refractivity contribution in [2.75, 3.05) is 43.4 Å². The number of aryl methyl sites for hydroxylation is 1. The van der Waals surface area contributed by atoms with Crippen LogP contribution in [-0.2, 0) is 6.42 Å². The zero-order valence-electron chi connectivity index (χ0n) is 19.5. The van der Waals surface area contributed by atoms with E-state index in [9.17, 15) is 0 Å². The predicted molar refractivity (Wildman–Crippen MR) is 134 cm³/mol. The van der Waals surface area contributed by atoms with Crippen molar-refractivity contribution >= 4 is 17.3 Å². The fourth-order valence-electron chi connectivity index (χ4n) is 3.98. The van der Waals surface area contributed by atoms with E-state index >= 15 is 0 Å². The van der Waals surface area contributed by atoms with Crippen LogP contribution in [0.4, 0.5) is 17.3 Å². The Morgan fingerprint density at radius 1 is 0.794 bits per heavy atom. The van der Waals surface area contributed by atoms with Crippen LogP contribution in [0.5, 0.6) is 0 Å². The Balaban J connectivity index is 1.26. The van der Waals surface area contributed by atoms with E-state index in [0.29, 0.717) is 23.9 Å². The highest BCUT2D eigenvalue weighted by molar-refractivity contribution is 5.56. The number of piperazine rings is 1. The number of rotatable bonds is 6. The van der Waals surface area contributed by atoms with Crippen LogP contribution in [0.3, 0.4) is 0 Å². The first kappa shape index (κ1) is 21.9. The fourth-order valence-corrected chi connectivity index (χ4v) is 3.98. The normalized spacial score (nSPS) is 14.2. The topological polar surface area (TPSA) is 83.0 Å². The maximum atomic E-state index is 4.69. The lowest BCUT2D eigenvalue weighted by molar-refractivity contribution is 0.313. The van der Waals surface area contributed by atoms with Gasteiger partial charge in [-0.25, -0.2) is 24.9 Å². The molecule has 0 aliphatic carbocycles. The molecule has 0 atom stereocenters. The average Bonchev–Trinajstić information content (AvgIpc) is 2.86. The highest BCUT2D eigenvalue weighted by Gasteiger charge is 2.14. The van der Waals surface area contributed by atoms with Gasteiger partial charge in [-0.15, -0.1) is 0 Å². The van der Waals surface area contributed by atoms with Crippen LogP contribution in [0, 0.1) is 6.92 Å². The van der Waals surface area contributed by atoms with Crippen molar-refractivity contribution in [1.82, 2.24) is 29.8 Å². The molecule has 8 heteroatoms. The molecular formula is C26H28N8. The zero-order chi connectivity index (χ0) is 23.3. The van der Waals surface area contributed by atoms with Crippen molar-refractivity contribution in [3.05, 3.63) is 84.1 Å². The molecule has 0 radical (unpaired) electrons. The molecule has 0 bridgehead atoms. The first-order chi connectivity index (χ1) is 16.6. The molecule has 8 nitrogen and oxygen atoms in total. The molecule has 4 heterocycles. The lowest BCUT2D eigenvalue weighted by Gasteiger charge is -2.34. The predicted octanol–water partition coefficient (Wildman–Crippen LogP) is 3.72. The molecule has 1 saturated heterocycles. The Labute approximate surface area is 199 Å². The molecule has 1 aromatic carbocycles. The van der Waals surface area contributed by atoms with E-state index in [0.717, 1.165) is 43.4 Å². The summed E-state index contributed by atoms with van der Waals surface area (Å²) in [6, 6.07) is 18.2. The van der Waals surface area contributed by atoms with Gasteiger partial charge in [0.2, 0.25) is 0 Å². The maximum absolute atomic E-state index is 4.69. The summed E-state index contributed by atoms with van der Waals surface area (Å²) >= 11 is 0. The first-order valence-electron chi connectivity index (χ1n) is 11.5. The number of hydrogen-bond donors (Lipinski definition) is 1. The van der Waals surface area contributed by atoms with Crippen LogP contribution in [0.1, 0.15) is 17.1 Å². The number of aromatic nitrogens is 5. The Kier molecular flexibility index (Phi) is 6.40. The van der Waals surface area contributed by atoms with E-state index < -0.39 is 0 Å². The zero-order valence-corrected chi connectivity index (χ0v) is 19.5.